The van der Waals surface area contributed by atoms with Crippen molar-refractivity contribution in [1.82, 2.24) is 10.2 Å². The van der Waals surface area contributed by atoms with Crippen molar-refractivity contribution in [3.05, 3.63) is 0 Å². The minimum atomic E-state index is -0.441. The molecule has 2 saturated heterocycles. The van der Waals surface area contributed by atoms with Gasteiger partial charge in [-0.3, -0.25) is 9.59 Å². The molecule has 2 heterocycles. The molecule has 0 aromatic carbocycles. The van der Waals surface area contributed by atoms with Gasteiger partial charge in [0, 0.05) is 38.3 Å². The van der Waals surface area contributed by atoms with Gasteiger partial charge in [0.1, 0.15) is 0 Å². The Hall–Kier alpha value is -0.850. The van der Waals surface area contributed by atoms with Crippen molar-refractivity contribution in [2.75, 3.05) is 26.3 Å². The van der Waals surface area contributed by atoms with Crippen LogP contribution in [0.1, 0.15) is 39.5 Å². The zero-order chi connectivity index (χ0) is 16.1. The van der Waals surface area contributed by atoms with Crippen molar-refractivity contribution >= 4 is 24.2 Å². The number of hydrogen-bond acceptors (Lipinski definition) is 4. The van der Waals surface area contributed by atoms with E-state index in [1.165, 1.54) is 0 Å². The summed E-state index contributed by atoms with van der Waals surface area (Å²) in [6.45, 7) is 6.46. The Bertz CT molecular complexity index is 400. The third-order valence-electron chi connectivity index (χ3n) is 4.66. The highest BCUT2D eigenvalue weighted by Crippen LogP contribution is 2.20. The molecule has 23 heavy (non-hydrogen) atoms. The van der Waals surface area contributed by atoms with E-state index in [0.29, 0.717) is 19.8 Å². The summed E-state index contributed by atoms with van der Waals surface area (Å²) in [6.07, 6.45) is 3.55. The number of nitrogens with two attached hydrogens (primary N) is 1. The standard InChI is InChI=1S/C16H29N3O3.ClH/c1-11(2)15(20)18-13-4-3-7-19(10-13)16(21)14(17)12-5-8-22-9-6-12;/h11-14H,3-10,17H2,1-2H3,(H,18,20);1H. The molecule has 2 aliphatic rings. The summed E-state index contributed by atoms with van der Waals surface area (Å²) in [5, 5.41) is 3.03. The van der Waals surface area contributed by atoms with Crippen LogP contribution in [-0.2, 0) is 14.3 Å². The number of hydrogen-bond donors (Lipinski definition) is 2. The molecule has 0 bridgehead atoms. The molecule has 0 aliphatic carbocycles. The van der Waals surface area contributed by atoms with Crippen LogP contribution in [0.15, 0.2) is 0 Å². The SMILES string of the molecule is CC(C)C(=O)NC1CCCN(C(=O)C(N)C2CCOCC2)C1.Cl. The smallest absolute Gasteiger partial charge is 0.239 e. The lowest BCUT2D eigenvalue weighted by molar-refractivity contribution is -0.137. The Labute approximate surface area is 144 Å². The summed E-state index contributed by atoms with van der Waals surface area (Å²) in [5.41, 5.74) is 6.18. The fraction of sp³-hybridized carbons (Fsp3) is 0.875. The number of amides is 2. The topological polar surface area (TPSA) is 84.7 Å². The van der Waals surface area contributed by atoms with Crippen LogP contribution in [0.4, 0.5) is 0 Å². The van der Waals surface area contributed by atoms with Gasteiger partial charge in [-0.15, -0.1) is 12.4 Å². The molecule has 3 N–H and O–H groups in total. The van der Waals surface area contributed by atoms with E-state index in [9.17, 15) is 9.59 Å². The molecule has 7 heteroatoms. The van der Waals surface area contributed by atoms with E-state index in [1.54, 1.807) is 0 Å². The fourth-order valence-electron chi connectivity index (χ4n) is 3.15. The molecular weight excluding hydrogens is 318 g/mol. The molecule has 0 radical (unpaired) electrons. The second-order valence-electron chi connectivity index (χ2n) is 6.76. The molecule has 2 rings (SSSR count). The average molecular weight is 348 g/mol. The molecule has 0 aromatic heterocycles. The number of likely N-dealkylation sites (tertiary alicyclic amines) is 1. The van der Waals surface area contributed by atoms with Crippen LogP contribution in [0.3, 0.4) is 0 Å². The second kappa shape index (κ2) is 9.45. The second-order valence-corrected chi connectivity index (χ2v) is 6.76. The van der Waals surface area contributed by atoms with Crippen LogP contribution in [0, 0.1) is 11.8 Å². The van der Waals surface area contributed by atoms with Gasteiger partial charge in [-0.25, -0.2) is 0 Å². The minimum Gasteiger partial charge on any atom is -0.381 e. The molecule has 2 atom stereocenters. The maximum absolute atomic E-state index is 12.6. The van der Waals surface area contributed by atoms with Crippen molar-refractivity contribution in [2.24, 2.45) is 17.6 Å². The molecule has 6 nitrogen and oxygen atoms in total. The van der Waals surface area contributed by atoms with E-state index in [1.807, 2.05) is 18.7 Å². The van der Waals surface area contributed by atoms with Crippen molar-refractivity contribution in [1.29, 1.82) is 0 Å². The zero-order valence-electron chi connectivity index (χ0n) is 14.1. The lowest BCUT2D eigenvalue weighted by atomic mass is 9.91. The van der Waals surface area contributed by atoms with Gasteiger partial charge in [0.2, 0.25) is 11.8 Å². The molecule has 2 unspecified atom stereocenters. The number of carbonyl (C=O) groups excluding carboxylic acids is 2. The summed E-state index contributed by atoms with van der Waals surface area (Å²) in [6, 6.07) is -0.391. The number of carbonyl (C=O) groups is 2. The molecule has 0 aromatic rings. The number of halogens is 1. The first-order chi connectivity index (χ1) is 10.5. The summed E-state index contributed by atoms with van der Waals surface area (Å²) >= 11 is 0. The van der Waals surface area contributed by atoms with Crippen molar-refractivity contribution in [3.63, 3.8) is 0 Å². The Kier molecular flexibility index (Phi) is 8.29. The highest BCUT2D eigenvalue weighted by molar-refractivity contribution is 5.85. The summed E-state index contributed by atoms with van der Waals surface area (Å²) in [5.74, 6) is 0.255. The Morgan fingerprint density at radius 2 is 1.87 bits per heavy atom. The van der Waals surface area contributed by atoms with Gasteiger partial charge >= 0.3 is 0 Å². The van der Waals surface area contributed by atoms with Crippen LogP contribution in [0.25, 0.3) is 0 Å². The van der Waals surface area contributed by atoms with Gasteiger partial charge in [0.05, 0.1) is 6.04 Å². The monoisotopic (exact) mass is 347 g/mol. The van der Waals surface area contributed by atoms with Crippen LogP contribution >= 0.6 is 12.4 Å². The van der Waals surface area contributed by atoms with Gasteiger partial charge in [-0.05, 0) is 31.6 Å². The highest BCUT2D eigenvalue weighted by Gasteiger charge is 2.32. The van der Waals surface area contributed by atoms with Gasteiger partial charge in [0.25, 0.3) is 0 Å². The summed E-state index contributed by atoms with van der Waals surface area (Å²) < 4.78 is 5.33. The summed E-state index contributed by atoms with van der Waals surface area (Å²) in [4.78, 5) is 26.3. The first-order valence-electron chi connectivity index (χ1n) is 8.41. The Balaban J connectivity index is 0.00000264. The van der Waals surface area contributed by atoms with E-state index in [4.69, 9.17) is 10.5 Å². The predicted molar refractivity (Wildman–Crippen MR) is 91.3 cm³/mol. The number of ether oxygens (including phenoxy) is 1. The molecule has 0 spiro atoms. The van der Waals surface area contributed by atoms with Crippen molar-refractivity contribution < 1.29 is 14.3 Å². The molecule has 2 fully saturated rings. The van der Waals surface area contributed by atoms with E-state index < -0.39 is 6.04 Å². The molecule has 134 valence electrons. The number of rotatable bonds is 4. The third-order valence-corrected chi connectivity index (χ3v) is 4.66. The van der Waals surface area contributed by atoms with E-state index in [-0.39, 0.29) is 42.1 Å². The van der Waals surface area contributed by atoms with Gasteiger partial charge in [-0.2, -0.15) is 0 Å². The lowest BCUT2D eigenvalue weighted by Crippen LogP contribution is -2.55. The maximum atomic E-state index is 12.6. The molecular formula is C16H30ClN3O3. The quantitative estimate of drug-likeness (QED) is 0.792. The Morgan fingerprint density at radius 1 is 1.22 bits per heavy atom. The van der Waals surface area contributed by atoms with Gasteiger partial charge < -0.3 is 20.7 Å². The van der Waals surface area contributed by atoms with Crippen molar-refractivity contribution in [2.45, 2.75) is 51.6 Å². The molecule has 2 amide bonds. The molecule has 0 saturated carbocycles. The van der Waals surface area contributed by atoms with Crippen LogP contribution in [-0.4, -0.2) is 55.1 Å². The van der Waals surface area contributed by atoms with E-state index in [2.05, 4.69) is 5.32 Å². The third kappa shape index (κ3) is 5.62. The van der Waals surface area contributed by atoms with Crippen LogP contribution < -0.4 is 11.1 Å². The average Bonchev–Trinajstić information content (AvgIpc) is 2.54. The number of piperidine rings is 1. The first kappa shape index (κ1) is 20.2. The van der Waals surface area contributed by atoms with Crippen molar-refractivity contribution in [3.8, 4) is 0 Å². The van der Waals surface area contributed by atoms with Crippen LogP contribution in [0.5, 0.6) is 0 Å². The fourth-order valence-corrected chi connectivity index (χ4v) is 3.15. The Morgan fingerprint density at radius 3 is 2.48 bits per heavy atom. The van der Waals surface area contributed by atoms with Gasteiger partial charge in [0.15, 0.2) is 0 Å². The summed E-state index contributed by atoms with van der Waals surface area (Å²) in [7, 11) is 0. The highest BCUT2D eigenvalue weighted by atomic mass is 35.5. The number of nitrogens with zero attached hydrogens (tertiary/aromatic N) is 1. The predicted octanol–water partition coefficient (Wildman–Crippen LogP) is 0.925. The number of nitrogens with one attached hydrogen (secondary N) is 1. The van der Waals surface area contributed by atoms with E-state index in [0.717, 1.165) is 32.2 Å². The van der Waals surface area contributed by atoms with E-state index >= 15 is 0 Å². The normalized spacial score (nSPS) is 24.0. The lowest BCUT2D eigenvalue weighted by Gasteiger charge is -2.37. The largest absolute Gasteiger partial charge is 0.381 e. The first-order valence-corrected chi connectivity index (χ1v) is 8.41. The molecule has 2 aliphatic heterocycles. The zero-order valence-corrected chi connectivity index (χ0v) is 14.9. The minimum absolute atomic E-state index is 0. The van der Waals surface area contributed by atoms with Gasteiger partial charge in [-0.1, -0.05) is 13.8 Å². The van der Waals surface area contributed by atoms with Crippen LogP contribution in [0.2, 0.25) is 0 Å². The maximum Gasteiger partial charge on any atom is 0.239 e.